The Kier molecular flexibility index (Phi) is 5.98. The van der Waals surface area contributed by atoms with Gasteiger partial charge in [-0.2, -0.15) is 0 Å². The minimum Gasteiger partial charge on any atom is -0.483 e. The zero-order valence-corrected chi connectivity index (χ0v) is 13.5. The van der Waals surface area contributed by atoms with E-state index in [0.717, 1.165) is 12.0 Å². The number of morpholine rings is 1. The van der Waals surface area contributed by atoms with Crippen LogP contribution in [0.5, 0.6) is 5.75 Å². The molecule has 6 heteroatoms. The Bertz CT molecular complexity index is 560. The fourth-order valence-electron chi connectivity index (χ4n) is 2.57. The summed E-state index contributed by atoms with van der Waals surface area (Å²) in [4.78, 5) is 24.8. The average molecular weight is 321 g/mol. The molecular weight excluding hydrogens is 298 g/mol. The van der Waals surface area contributed by atoms with Gasteiger partial charge in [0.05, 0.1) is 13.2 Å². The van der Waals surface area contributed by atoms with Crippen LogP contribution in [-0.2, 0) is 14.3 Å². The van der Waals surface area contributed by atoms with Crippen LogP contribution in [0.4, 0.5) is 0 Å². The van der Waals surface area contributed by atoms with E-state index in [9.17, 15) is 14.7 Å². The molecule has 126 valence electrons. The lowest BCUT2D eigenvalue weighted by Gasteiger charge is -2.32. The number of benzene rings is 1. The van der Waals surface area contributed by atoms with E-state index in [1.807, 2.05) is 24.3 Å². The zero-order chi connectivity index (χ0) is 16.8. The lowest BCUT2D eigenvalue weighted by Crippen LogP contribution is -2.53. The highest BCUT2D eigenvalue weighted by Crippen LogP contribution is 2.28. The van der Waals surface area contributed by atoms with Gasteiger partial charge in [-0.3, -0.25) is 4.79 Å². The molecule has 23 heavy (non-hydrogen) atoms. The van der Waals surface area contributed by atoms with E-state index in [1.165, 1.54) is 4.90 Å². The normalized spacial score (nSPS) is 19.2. The van der Waals surface area contributed by atoms with Crippen molar-refractivity contribution >= 4 is 11.9 Å². The summed E-state index contributed by atoms with van der Waals surface area (Å²) in [5.41, 5.74) is 1.06. The Hall–Kier alpha value is -2.08. The van der Waals surface area contributed by atoms with Crippen molar-refractivity contribution in [3.63, 3.8) is 0 Å². The van der Waals surface area contributed by atoms with Gasteiger partial charge in [0.25, 0.3) is 5.91 Å². The first-order valence-corrected chi connectivity index (χ1v) is 7.86. The lowest BCUT2D eigenvalue weighted by atomic mass is 9.98. The van der Waals surface area contributed by atoms with Crippen molar-refractivity contribution in [1.82, 2.24) is 4.90 Å². The number of hydrogen-bond acceptors (Lipinski definition) is 4. The molecule has 1 saturated heterocycles. The summed E-state index contributed by atoms with van der Waals surface area (Å²) < 4.78 is 10.8. The molecular formula is C17H23NO5. The van der Waals surface area contributed by atoms with Crippen molar-refractivity contribution in [1.29, 1.82) is 0 Å². The third kappa shape index (κ3) is 4.22. The number of carboxylic acids is 1. The van der Waals surface area contributed by atoms with Gasteiger partial charge in [0, 0.05) is 6.54 Å². The molecule has 6 nitrogen and oxygen atoms in total. The molecule has 0 bridgehead atoms. The van der Waals surface area contributed by atoms with Gasteiger partial charge in [0.1, 0.15) is 5.75 Å². The highest BCUT2D eigenvalue weighted by Gasteiger charge is 2.32. The van der Waals surface area contributed by atoms with Crippen LogP contribution in [0.2, 0.25) is 0 Å². The molecule has 2 atom stereocenters. The van der Waals surface area contributed by atoms with E-state index in [2.05, 4.69) is 13.8 Å². The molecule has 1 heterocycles. The number of amides is 1. The number of carbonyl (C=O) groups excluding carboxylic acids is 1. The maximum Gasteiger partial charge on any atom is 0.328 e. The van der Waals surface area contributed by atoms with Crippen molar-refractivity contribution in [3.8, 4) is 5.75 Å². The van der Waals surface area contributed by atoms with Gasteiger partial charge >= 0.3 is 5.97 Å². The summed E-state index contributed by atoms with van der Waals surface area (Å²) in [6.07, 6.45) is 0.971. The van der Waals surface area contributed by atoms with E-state index in [4.69, 9.17) is 9.47 Å². The van der Waals surface area contributed by atoms with Crippen LogP contribution in [0.25, 0.3) is 0 Å². The maximum atomic E-state index is 12.3. The van der Waals surface area contributed by atoms with E-state index in [0.29, 0.717) is 18.3 Å². The Morgan fingerprint density at radius 2 is 2.17 bits per heavy atom. The van der Waals surface area contributed by atoms with Crippen LogP contribution in [0.1, 0.15) is 31.7 Å². The van der Waals surface area contributed by atoms with Crippen molar-refractivity contribution in [2.45, 2.75) is 32.2 Å². The summed E-state index contributed by atoms with van der Waals surface area (Å²) in [6, 6.07) is 6.69. The Balaban J connectivity index is 2.03. The van der Waals surface area contributed by atoms with Crippen molar-refractivity contribution in [2.75, 3.05) is 26.4 Å². The summed E-state index contributed by atoms with van der Waals surface area (Å²) in [7, 11) is 0. The topological polar surface area (TPSA) is 76.1 Å². The van der Waals surface area contributed by atoms with E-state index >= 15 is 0 Å². The summed E-state index contributed by atoms with van der Waals surface area (Å²) in [6.45, 7) is 4.66. The molecule has 1 aliphatic heterocycles. The van der Waals surface area contributed by atoms with E-state index < -0.39 is 12.0 Å². The Morgan fingerprint density at radius 1 is 1.43 bits per heavy atom. The van der Waals surface area contributed by atoms with Crippen LogP contribution in [0, 0.1) is 0 Å². The first-order valence-electron chi connectivity index (χ1n) is 7.86. The minimum absolute atomic E-state index is 0.0184. The van der Waals surface area contributed by atoms with Crippen molar-refractivity contribution < 1.29 is 24.2 Å². The van der Waals surface area contributed by atoms with Gasteiger partial charge in [0.2, 0.25) is 0 Å². The fourth-order valence-corrected chi connectivity index (χ4v) is 2.57. The quantitative estimate of drug-likeness (QED) is 0.866. The second kappa shape index (κ2) is 7.97. The molecule has 2 unspecified atom stereocenters. The van der Waals surface area contributed by atoms with Gasteiger partial charge in [-0.15, -0.1) is 0 Å². The number of hydrogen-bond donors (Lipinski definition) is 1. The number of aliphatic carboxylic acids is 1. The van der Waals surface area contributed by atoms with Crippen LogP contribution < -0.4 is 4.74 Å². The largest absolute Gasteiger partial charge is 0.483 e. The number of rotatable bonds is 6. The van der Waals surface area contributed by atoms with Crippen molar-refractivity contribution in [2.24, 2.45) is 0 Å². The second-order valence-corrected chi connectivity index (χ2v) is 5.65. The number of carboxylic acid groups (broad SMARTS) is 1. The fraction of sp³-hybridized carbons (Fsp3) is 0.529. The Morgan fingerprint density at radius 3 is 2.87 bits per heavy atom. The molecule has 1 aromatic carbocycles. The average Bonchev–Trinajstić information content (AvgIpc) is 2.59. The summed E-state index contributed by atoms with van der Waals surface area (Å²) in [5.74, 6) is -0.385. The van der Waals surface area contributed by atoms with Crippen molar-refractivity contribution in [3.05, 3.63) is 29.8 Å². The van der Waals surface area contributed by atoms with Gasteiger partial charge in [-0.05, 0) is 24.0 Å². The number of nitrogens with zero attached hydrogens (tertiary/aromatic N) is 1. The smallest absolute Gasteiger partial charge is 0.328 e. The molecule has 0 aromatic heterocycles. The number of para-hydroxylation sites is 1. The van der Waals surface area contributed by atoms with Gasteiger partial charge in [0.15, 0.2) is 12.6 Å². The predicted octanol–water partition coefficient (Wildman–Crippen LogP) is 1.89. The van der Waals surface area contributed by atoms with E-state index in [1.54, 1.807) is 0 Å². The first-order chi connectivity index (χ1) is 11.0. The third-order valence-corrected chi connectivity index (χ3v) is 4.15. The lowest BCUT2D eigenvalue weighted by molar-refractivity contribution is -0.159. The van der Waals surface area contributed by atoms with Gasteiger partial charge < -0.3 is 19.5 Å². The van der Waals surface area contributed by atoms with Gasteiger partial charge in [-0.1, -0.05) is 32.0 Å². The third-order valence-electron chi connectivity index (χ3n) is 4.15. The van der Waals surface area contributed by atoms with E-state index in [-0.39, 0.29) is 25.7 Å². The van der Waals surface area contributed by atoms with Crippen LogP contribution in [-0.4, -0.2) is 54.3 Å². The minimum atomic E-state index is -1.06. The van der Waals surface area contributed by atoms with Crippen LogP contribution in [0.3, 0.4) is 0 Å². The molecule has 1 amide bonds. The molecule has 1 fully saturated rings. The highest BCUT2D eigenvalue weighted by atomic mass is 16.5. The second-order valence-electron chi connectivity index (χ2n) is 5.65. The SMILES string of the molecule is CCC(C)c1ccccc1OCC(=O)N1CCOCC1C(=O)O. The standard InChI is InChI=1S/C17H23NO5/c1-3-12(2)13-6-4-5-7-15(13)23-11-16(19)18-8-9-22-10-14(18)17(20)21/h4-7,12,14H,3,8-11H2,1-2H3,(H,20,21). The Labute approximate surface area is 136 Å². The summed E-state index contributed by atoms with van der Waals surface area (Å²) >= 11 is 0. The molecule has 0 spiro atoms. The molecule has 1 N–H and O–H groups in total. The molecule has 1 aromatic rings. The molecule has 0 aliphatic carbocycles. The number of ether oxygens (including phenoxy) is 2. The van der Waals surface area contributed by atoms with Crippen LogP contribution in [0.15, 0.2) is 24.3 Å². The maximum absolute atomic E-state index is 12.3. The zero-order valence-electron chi connectivity index (χ0n) is 13.5. The monoisotopic (exact) mass is 321 g/mol. The van der Waals surface area contributed by atoms with Gasteiger partial charge in [-0.25, -0.2) is 4.79 Å². The molecule has 0 saturated carbocycles. The molecule has 0 radical (unpaired) electrons. The molecule has 2 rings (SSSR count). The predicted molar refractivity (Wildman–Crippen MR) is 84.6 cm³/mol. The molecule has 1 aliphatic rings. The summed E-state index contributed by atoms with van der Waals surface area (Å²) in [5, 5.41) is 9.18. The number of carbonyl (C=O) groups is 2. The van der Waals surface area contributed by atoms with Crippen LogP contribution >= 0.6 is 0 Å². The highest BCUT2D eigenvalue weighted by molar-refractivity contribution is 5.84. The first kappa shape index (κ1) is 17.3.